The van der Waals surface area contributed by atoms with Crippen LogP contribution in [0, 0.1) is 5.41 Å². The third-order valence-corrected chi connectivity index (χ3v) is 5.45. The number of ether oxygens (including phenoxy) is 2. The molecule has 7 atom stereocenters. The van der Waals surface area contributed by atoms with Crippen molar-refractivity contribution in [2.24, 2.45) is 5.41 Å². The van der Waals surface area contributed by atoms with Crippen LogP contribution in [0.2, 0.25) is 0 Å². The van der Waals surface area contributed by atoms with Gasteiger partial charge >= 0.3 is 0 Å². The first-order valence-electron chi connectivity index (χ1n) is 9.19. The number of allylic oxidation sites excluding steroid dienone is 1. The van der Waals surface area contributed by atoms with Crippen molar-refractivity contribution in [3.63, 3.8) is 0 Å². The van der Waals surface area contributed by atoms with Crippen LogP contribution in [-0.4, -0.2) is 92.0 Å². The van der Waals surface area contributed by atoms with Gasteiger partial charge in [-0.3, -0.25) is 4.79 Å². The van der Waals surface area contributed by atoms with Crippen LogP contribution in [0.4, 0.5) is 0 Å². The summed E-state index contributed by atoms with van der Waals surface area (Å²) in [5, 5.41) is 59.6. The van der Waals surface area contributed by atoms with Crippen LogP contribution in [-0.2, 0) is 14.3 Å². The van der Waals surface area contributed by atoms with E-state index < -0.39 is 61.0 Å². The smallest absolute Gasteiger partial charge is 0.187 e. The van der Waals surface area contributed by atoms with E-state index in [0.717, 1.165) is 0 Å². The van der Waals surface area contributed by atoms with Crippen LogP contribution < -0.4 is 0 Å². The van der Waals surface area contributed by atoms with Gasteiger partial charge < -0.3 is 40.1 Å². The summed E-state index contributed by atoms with van der Waals surface area (Å²) in [6.45, 7) is 3.96. The number of hydrogen-bond acceptors (Lipinski definition) is 9. The average molecular weight is 402 g/mol. The minimum atomic E-state index is -1.58. The maximum Gasteiger partial charge on any atom is 0.187 e. The van der Waals surface area contributed by atoms with Crippen molar-refractivity contribution in [2.75, 3.05) is 13.2 Å². The second-order valence-corrected chi connectivity index (χ2v) is 8.02. The van der Waals surface area contributed by atoms with Crippen LogP contribution >= 0.6 is 0 Å². The van der Waals surface area contributed by atoms with Crippen molar-refractivity contribution >= 4 is 5.78 Å². The van der Waals surface area contributed by atoms with Gasteiger partial charge in [-0.15, -0.1) is 0 Å². The van der Waals surface area contributed by atoms with E-state index in [9.17, 15) is 35.4 Å². The molecule has 2 aliphatic rings. The maximum atomic E-state index is 11.8. The Morgan fingerprint density at radius 1 is 1.25 bits per heavy atom. The van der Waals surface area contributed by atoms with Gasteiger partial charge in [0, 0.05) is 11.8 Å². The third-order valence-electron chi connectivity index (χ3n) is 5.45. The summed E-state index contributed by atoms with van der Waals surface area (Å²) in [5.41, 5.74) is -2.27. The molecule has 0 saturated carbocycles. The molecule has 28 heavy (non-hydrogen) atoms. The Labute approximate surface area is 163 Å². The van der Waals surface area contributed by atoms with E-state index >= 15 is 0 Å². The monoisotopic (exact) mass is 402 g/mol. The third kappa shape index (κ3) is 4.37. The van der Waals surface area contributed by atoms with Gasteiger partial charge in [0.2, 0.25) is 0 Å². The van der Waals surface area contributed by atoms with Crippen molar-refractivity contribution in [3.8, 4) is 0 Å². The molecule has 0 radical (unpaired) electrons. The number of hydrogen-bond donors (Lipinski definition) is 6. The molecule has 0 aromatic heterocycles. The largest absolute Gasteiger partial charge is 0.394 e. The van der Waals surface area contributed by atoms with Crippen molar-refractivity contribution in [3.05, 3.63) is 23.8 Å². The Balaban J connectivity index is 2.15. The maximum absolute atomic E-state index is 11.8. The van der Waals surface area contributed by atoms with Gasteiger partial charge in [0.15, 0.2) is 12.1 Å². The fourth-order valence-corrected chi connectivity index (χ4v) is 3.57. The lowest BCUT2D eigenvalue weighted by atomic mass is 9.64. The second kappa shape index (κ2) is 8.68. The van der Waals surface area contributed by atoms with Crippen LogP contribution in [0.3, 0.4) is 0 Å². The zero-order valence-electron chi connectivity index (χ0n) is 16.2. The molecule has 6 N–H and O–H groups in total. The van der Waals surface area contributed by atoms with E-state index in [-0.39, 0.29) is 17.8 Å². The molecule has 2 rings (SSSR count). The molecule has 1 aliphatic carbocycles. The molecule has 0 bridgehead atoms. The predicted molar refractivity (Wildman–Crippen MR) is 97.0 cm³/mol. The topological polar surface area (TPSA) is 157 Å². The average Bonchev–Trinajstić information content (AvgIpc) is 2.63. The van der Waals surface area contributed by atoms with E-state index in [1.807, 2.05) is 0 Å². The van der Waals surface area contributed by atoms with Crippen LogP contribution in [0.1, 0.15) is 27.2 Å². The minimum absolute atomic E-state index is 0.0965. The first-order valence-corrected chi connectivity index (χ1v) is 9.19. The van der Waals surface area contributed by atoms with Crippen LogP contribution in [0.5, 0.6) is 0 Å². The Bertz CT molecular complexity index is 627. The van der Waals surface area contributed by atoms with E-state index in [2.05, 4.69) is 0 Å². The number of aliphatic hydroxyl groups is 6. The molecule has 1 heterocycles. The van der Waals surface area contributed by atoms with E-state index in [0.29, 0.717) is 0 Å². The Morgan fingerprint density at radius 3 is 2.46 bits per heavy atom. The van der Waals surface area contributed by atoms with Gasteiger partial charge in [0.05, 0.1) is 19.3 Å². The van der Waals surface area contributed by atoms with Crippen LogP contribution in [0.15, 0.2) is 23.8 Å². The summed E-state index contributed by atoms with van der Waals surface area (Å²) in [6.07, 6.45) is -3.43. The molecule has 9 nitrogen and oxygen atoms in total. The zero-order valence-corrected chi connectivity index (χ0v) is 16.2. The van der Waals surface area contributed by atoms with Crippen molar-refractivity contribution in [1.82, 2.24) is 0 Å². The van der Waals surface area contributed by atoms with Crippen molar-refractivity contribution in [1.29, 1.82) is 0 Å². The first-order chi connectivity index (χ1) is 13.0. The lowest BCUT2D eigenvalue weighted by Crippen LogP contribution is -2.59. The molecule has 160 valence electrons. The van der Waals surface area contributed by atoms with Gasteiger partial charge in [-0.1, -0.05) is 19.9 Å². The normalized spacial score (nSPS) is 39.8. The van der Waals surface area contributed by atoms with Crippen molar-refractivity contribution in [2.45, 2.75) is 69.6 Å². The molecule has 0 unspecified atom stereocenters. The summed E-state index contributed by atoms with van der Waals surface area (Å²) in [4.78, 5) is 11.8. The molecule has 1 saturated heterocycles. The Hall–Kier alpha value is -1.17. The molecule has 0 spiro atoms. The highest BCUT2D eigenvalue weighted by Gasteiger charge is 2.48. The summed E-state index contributed by atoms with van der Waals surface area (Å²) < 4.78 is 10.8. The highest BCUT2D eigenvalue weighted by atomic mass is 16.7. The summed E-state index contributed by atoms with van der Waals surface area (Å²) in [5.74, 6) is -0.183. The van der Waals surface area contributed by atoms with Gasteiger partial charge in [-0.05, 0) is 24.6 Å². The lowest BCUT2D eigenvalue weighted by Gasteiger charge is -2.44. The standard InChI is InChI=1S/C19H30O9/c1-10(27-17-16(25)15(24)14(23)13(9-21)28-17)4-5-19(26)11(8-20)6-12(22)7-18(19,2)3/h4-6,10,13-17,20-21,23-26H,7-9H2,1-3H3/b5-4+/t10-,13-,14-,15+,16-,17-,19-/m1/s1. The van der Waals surface area contributed by atoms with Crippen molar-refractivity contribution < 1.29 is 44.9 Å². The fourth-order valence-electron chi connectivity index (χ4n) is 3.57. The molecular formula is C19H30O9. The highest BCUT2D eigenvalue weighted by molar-refractivity contribution is 5.93. The summed E-state index contributed by atoms with van der Waals surface area (Å²) in [6, 6.07) is 0. The number of carbonyl (C=O) groups is 1. The molecule has 1 aliphatic heterocycles. The number of carbonyl (C=O) groups excluding carboxylic acids is 1. The fraction of sp³-hybridized carbons (Fsp3) is 0.737. The SMILES string of the molecule is C[C@H](/C=C/[C@@]1(O)C(CO)=CC(=O)CC1(C)C)O[C@@H]1O[C@H](CO)[C@@H](O)[C@H](O)[C@H]1O. The van der Waals surface area contributed by atoms with E-state index in [1.165, 1.54) is 18.2 Å². The lowest BCUT2D eigenvalue weighted by molar-refractivity contribution is -0.306. The summed E-state index contributed by atoms with van der Waals surface area (Å²) >= 11 is 0. The number of rotatable bonds is 6. The molecule has 0 amide bonds. The molecular weight excluding hydrogens is 372 g/mol. The van der Waals surface area contributed by atoms with E-state index in [1.54, 1.807) is 20.8 Å². The first kappa shape index (κ1) is 23.1. The van der Waals surface area contributed by atoms with Gasteiger partial charge in [0.1, 0.15) is 30.0 Å². The summed E-state index contributed by atoms with van der Waals surface area (Å²) in [7, 11) is 0. The predicted octanol–water partition coefficient (Wildman–Crippen LogP) is -1.60. The molecule has 0 aromatic rings. The zero-order chi connectivity index (χ0) is 21.3. The van der Waals surface area contributed by atoms with Gasteiger partial charge in [-0.25, -0.2) is 0 Å². The number of aliphatic hydroxyl groups excluding tert-OH is 5. The Kier molecular flexibility index (Phi) is 7.17. The minimum Gasteiger partial charge on any atom is -0.394 e. The second-order valence-electron chi connectivity index (χ2n) is 8.02. The van der Waals surface area contributed by atoms with Crippen LogP contribution in [0.25, 0.3) is 0 Å². The quantitative estimate of drug-likeness (QED) is 0.288. The van der Waals surface area contributed by atoms with Gasteiger partial charge in [0.25, 0.3) is 0 Å². The Morgan fingerprint density at radius 2 is 1.89 bits per heavy atom. The number of ketones is 1. The highest BCUT2D eigenvalue weighted by Crippen LogP contribution is 2.44. The van der Waals surface area contributed by atoms with E-state index in [4.69, 9.17) is 9.47 Å². The molecule has 9 heteroatoms. The van der Waals surface area contributed by atoms with Gasteiger partial charge in [-0.2, -0.15) is 0 Å². The molecule has 0 aromatic carbocycles. The molecule has 1 fully saturated rings.